The Morgan fingerprint density at radius 1 is 1.23 bits per heavy atom. The number of hydrogen-bond donors (Lipinski definition) is 0. The highest BCUT2D eigenvalue weighted by Gasteiger charge is 2.30. The molecule has 2 aromatic heterocycles. The van der Waals surface area contributed by atoms with E-state index in [9.17, 15) is 4.79 Å². The zero-order chi connectivity index (χ0) is 15.7. The number of rotatable bonds is 2. The summed E-state index contributed by atoms with van der Waals surface area (Å²) in [6.07, 6.45) is 9.86. The van der Waals surface area contributed by atoms with Crippen LogP contribution in [-0.4, -0.2) is 36.9 Å². The van der Waals surface area contributed by atoms with Gasteiger partial charge in [-0.2, -0.15) is 10.2 Å². The highest BCUT2D eigenvalue weighted by molar-refractivity contribution is 9.10. The van der Waals surface area contributed by atoms with Crippen LogP contribution in [0.15, 0.2) is 23.1 Å². The molecule has 0 spiro atoms. The van der Waals surface area contributed by atoms with Crippen molar-refractivity contribution >= 4 is 21.8 Å². The third-order valence-corrected chi connectivity index (χ3v) is 4.80. The van der Waals surface area contributed by atoms with Gasteiger partial charge in [-0.15, -0.1) is 0 Å². The lowest BCUT2D eigenvalue weighted by Gasteiger charge is -2.29. The topological polar surface area (TPSA) is 56.0 Å². The largest absolute Gasteiger partial charge is 0.330 e. The van der Waals surface area contributed by atoms with Gasteiger partial charge in [0.15, 0.2) is 0 Å². The van der Waals surface area contributed by atoms with Crippen molar-refractivity contribution in [2.75, 3.05) is 6.54 Å². The Hall–Kier alpha value is -1.63. The third-order valence-electron chi connectivity index (χ3n) is 4.22. The molecule has 1 atom stereocenters. The van der Waals surface area contributed by atoms with Crippen LogP contribution in [0.4, 0.5) is 0 Å². The zero-order valence-electron chi connectivity index (χ0n) is 12.9. The van der Waals surface area contributed by atoms with E-state index in [0.717, 1.165) is 42.3 Å². The van der Waals surface area contributed by atoms with Gasteiger partial charge in [-0.3, -0.25) is 14.2 Å². The molecule has 3 heterocycles. The van der Waals surface area contributed by atoms with Crippen molar-refractivity contribution in [1.29, 1.82) is 0 Å². The van der Waals surface area contributed by atoms with Crippen LogP contribution in [0.25, 0.3) is 0 Å². The second kappa shape index (κ2) is 6.24. The fourth-order valence-corrected chi connectivity index (χ4v) is 3.62. The highest BCUT2D eigenvalue weighted by Crippen LogP contribution is 2.32. The third kappa shape index (κ3) is 2.82. The predicted octanol–water partition coefficient (Wildman–Crippen LogP) is 2.67. The van der Waals surface area contributed by atoms with Crippen molar-refractivity contribution in [3.05, 3.63) is 34.3 Å². The summed E-state index contributed by atoms with van der Waals surface area (Å²) < 4.78 is 4.18. The van der Waals surface area contributed by atoms with Crippen molar-refractivity contribution in [2.45, 2.75) is 31.7 Å². The first kappa shape index (κ1) is 15.3. The minimum absolute atomic E-state index is 0.0302. The molecule has 7 heteroatoms. The van der Waals surface area contributed by atoms with Crippen molar-refractivity contribution in [1.82, 2.24) is 24.5 Å². The summed E-state index contributed by atoms with van der Waals surface area (Å²) in [5, 5.41) is 8.43. The lowest BCUT2D eigenvalue weighted by molar-refractivity contribution is 0.0668. The Morgan fingerprint density at radius 2 is 2.05 bits per heavy atom. The van der Waals surface area contributed by atoms with Gasteiger partial charge < -0.3 is 4.90 Å². The van der Waals surface area contributed by atoms with Gasteiger partial charge in [0.1, 0.15) is 5.69 Å². The molecule has 3 rings (SSSR count). The number of hydrogen-bond acceptors (Lipinski definition) is 3. The molecule has 118 valence electrons. The number of nitrogens with zero attached hydrogens (tertiary/aromatic N) is 5. The van der Waals surface area contributed by atoms with E-state index in [1.54, 1.807) is 22.6 Å². The van der Waals surface area contributed by atoms with Crippen molar-refractivity contribution in [3.63, 3.8) is 0 Å². The van der Waals surface area contributed by atoms with Crippen molar-refractivity contribution in [3.8, 4) is 0 Å². The number of carbonyl (C=O) groups excluding carboxylic acids is 1. The smallest absolute Gasteiger partial charge is 0.273 e. The molecular formula is C15H20BrN5O. The average Bonchev–Trinajstić information content (AvgIpc) is 2.96. The van der Waals surface area contributed by atoms with Crippen molar-refractivity contribution in [2.24, 2.45) is 14.1 Å². The molecule has 0 aromatic carbocycles. The Morgan fingerprint density at radius 3 is 2.68 bits per heavy atom. The maximum Gasteiger partial charge on any atom is 0.273 e. The molecule has 1 fully saturated rings. The molecule has 2 aromatic rings. The second-order valence-electron chi connectivity index (χ2n) is 5.78. The molecule has 1 aliphatic rings. The van der Waals surface area contributed by atoms with Gasteiger partial charge >= 0.3 is 0 Å². The van der Waals surface area contributed by atoms with Crippen LogP contribution in [0.5, 0.6) is 0 Å². The monoisotopic (exact) mass is 365 g/mol. The minimum Gasteiger partial charge on any atom is -0.330 e. The van der Waals surface area contributed by atoms with Crippen LogP contribution in [0, 0.1) is 0 Å². The van der Waals surface area contributed by atoms with Gasteiger partial charge in [-0.1, -0.05) is 12.8 Å². The molecular weight excluding hydrogens is 346 g/mol. The summed E-state index contributed by atoms with van der Waals surface area (Å²) in [7, 11) is 3.71. The molecule has 1 saturated heterocycles. The van der Waals surface area contributed by atoms with Gasteiger partial charge in [-0.05, 0) is 28.8 Å². The summed E-state index contributed by atoms with van der Waals surface area (Å²) in [5.41, 5.74) is 1.71. The fourth-order valence-electron chi connectivity index (χ4n) is 3.10. The Balaban J connectivity index is 1.95. The van der Waals surface area contributed by atoms with E-state index in [-0.39, 0.29) is 11.9 Å². The summed E-state index contributed by atoms with van der Waals surface area (Å²) in [4.78, 5) is 15.0. The SMILES string of the molecule is Cn1cc([C@H]2CCCCCN2C(=O)c2c(Br)cnn2C)cn1. The first-order chi connectivity index (χ1) is 10.6. The number of halogens is 1. The van der Waals surface area contributed by atoms with Crippen molar-refractivity contribution < 1.29 is 4.79 Å². The van der Waals surface area contributed by atoms with E-state index < -0.39 is 0 Å². The van der Waals surface area contributed by atoms with E-state index >= 15 is 0 Å². The Bertz CT molecular complexity index is 658. The van der Waals surface area contributed by atoms with Crippen LogP contribution in [0.1, 0.15) is 47.8 Å². The maximum atomic E-state index is 13.1. The molecule has 0 aliphatic carbocycles. The summed E-state index contributed by atoms with van der Waals surface area (Å²) in [6.45, 7) is 0.774. The maximum absolute atomic E-state index is 13.1. The summed E-state index contributed by atoms with van der Waals surface area (Å²) >= 11 is 3.44. The molecule has 0 saturated carbocycles. The van der Waals surface area contributed by atoms with Crippen LogP contribution < -0.4 is 0 Å². The van der Waals surface area contributed by atoms with Gasteiger partial charge in [0, 0.05) is 32.4 Å². The molecule has 0 radical (unpaired) electrons. The standard InChI is InChI=1S/C15H20BrN5O/c1-19-10-11(8-17-19)13-6-4-3-5-7-21(13)15(22)14-12(16)9-18-20(14)2/h8-10,13H,3-7H2,1-2H3/t13-/m1/s1. The van der Waals surface area contributed by atoms with Crippen LogP contribution in [0.2, 0.25) is 0 Å². The first-order valence-corrected chi connectivity index (χ1v) is 8.34. The normalized spacial score (nSPS) is 19.2. The summed E-state index contributed by atoms with van der Waals surface area (Å²) in [6, 6.07) is 0.0884. The molecule has 0 N–H and O–H groups in total. The van der Waals surface area contributed by atoms with Gasteiger partial charge in [0.25, 0.3) is 5.91 Å². The minimum atomic E-state index is 0.0302. The van der Waals surface area contributed by atoms with Gasteiger partial charge in [-0.25, -0.2) is 0 Å². The zero-order valence-corrected chi connectivity index (χ0v) is 14.5. The van der Waals surface area contributed by atoms with Crippen LogP contribution >= 0.6 is 15.9 Å². The fraction of sp³-hybridized carbons (Fsp3) is 0.533. The molecule has 0 bridgehead atoms. The molecule has 0 unspecified atom stereocenters. The highest BCUT2D eigenvalue weighted by atomic mass is 79.9. The Labute approximate surface area is 138 Å². The molecule has 1 amide bonds. The van der Waals surface area contributed by atoms with E-state index in [1.165, 1.54) is 0 Å². The van der Waals surface area contributed by atoms with E-state index in [0.29, 0.717) is 5.69 Å². The predicted molar refractivity (Wildman–Crippen MR) is 86.4 cm³/mol. The van der Waals surface area contributed by atoms with E-state index in [4.69, 9.17) is 0 Å². The lowest BCUT2D eigenvalue weighted by atomic mass is 10.0. The molecule has 22 heavy (non-hydrogen) atoms. The number of amides is 1. The average molecular weight is 366 g/mol. The van der Waals surface area contributed by atoms with Crippen LogP contribution in [-0.2, 0) is 14.1 Å². The second-order valence-corrected chi connectivity index (χ2v) is 6.63. The van der Waals surface area contributed by atoms with E-state index in [1.807, 2.05) is 24.3 Å². The first-order valence-electron chi connectivity index (χ1n) is 7.55. The van der Waals surface area contributed by atoms with Gasteiger partial charge in [0.05, 0.1) is 22.9 Å². The number of aromatic nitrogens is 4. The van der Waals surface area contributed by atoms with E-state index in [2.05, 4.69) is 26.1 Å². The summed E-state index contributed by atoms with van der Waals surface area (Å²) in [5.74, 6) is 0.0302. The molecule has 6 nitrogen and oxygen atoms in total. The van der Waals surface area contributed by atoms with Crippen LogP contribution in [0.3, 0.4) is 0 Å². The number of carbonyl (C=O) groups is 1. The van der Waals surface area contributed by atoms with Gasteiger partial charge in [0.2, 0.25) is 0 Å². The lowest BCUT2D eigenvalue weighted by Crippen LogP contribution is -2.36. The number of aryl methyl sites for hydroxylation is 2. The quantitative estimate of drug-likeness (QED) is 0.821. The Kier molecular flexibility index (Phi) is 4.33. The molecule has 1 aliphatic heterocycles. The number of likely N-dealkylation sites (tertiary alicyclic amines) is 1.